The Hall–Kier alpha value is -0.570. The molecule has 3 atom stereocenters. The Morgan fingerprint density at radius 2 is 1.88 bits per heavy atom. The molecule has 17 heavy (non-hydrogen) atoms. The van der Waals surface area contributed by atoms with Crippen molar-refractivity contribution < 1.29 is 4.79 Å². The normalized spacial score (nSPS) is 33.8. The first-order valence-electron chi connectivity index (χ1n) is 7.06. The van der Waals surface area contributed by atoms with Crippen molar-refractivity contribution in [1.82, 2.24) is 10.2 Å². The van der Waals surface area contributed by atoms with Crippen LogP contribution in [0.3, 0.4) is 0 Å². The fourth-order valence-electron chi connectivity index (χ4n) is 2.78. The summed E-state index contributed by atoms with van der Waals surface area (Å²) in [6, 6.07) is 1.09. The van der Waals surface area contributed by atoms with Gasteiger partial charge in [0.1, 0.15) is 0 Å². The Kier molecular flexibility index (Phi) is 4.08. The molecule has 0 aromatic carbocycles. The van der Waals surface area contributed by atoms with Crippen LogP contribution >= 0.6 is 0 Å². The molecule has 98 valence electrons. The van der Waals surface area contributed by atoms with E-state index in [0.29, 0.717) is 18.6 Å². The van der Waals surface area contributed by atoms with Gasteiger partial charge < -0.3 is 5.32 Å². The van der Waals surface area contributed by atoms with Crippen molar-refractivity contribution in [2.45, 2.75) is 58.0 Å². The maximum Gasteiger partial charge on any atom is 0.234 e. The minimum atomic E-state index is 0.210. The van der Waals surface area contributed by atoms with E-state index >= 15 is 0 Å². The van der Waals surface area contributed by atoms with E-state index in [1.807, 2.05) is 0 Å². The van der Waals surface area contributed by atoms with Gasteiger partial charge in [-0.05, 0) is 51.0 Å². The second-order valence-electron chi connectivity index (χ2n) is 6.18. The largest absolute Gasteiger partial charge is 0.352 e. The first-order valence-corrected chi connectivity index (χ1v) is 7.06. The van der Waals surface area contributed by atoms with Crippen LogP contribution in [0.25, 0.3) is 0 Å². The smallest absolute Gasteiger partial charge is 0.234 e. The van der Waals surface area contributed by atoms with Gasteiger partial charge in [-0.25, -0.2) is 0 Å². The van der Waals surface area contributed by atoms with E-state index in [1.54, 1.807) is 0 Å². The molecular formula is C14H26N2O. The Morgan fingerprint density at radius 3 is 2.47 bits per heavy atom. The van der Waals surface area contributed by atoms with Crippen molar-refractivity contribution in [2.75, 3.05) is 13.6 Å². The second kappa shape index (κ2) is 5.38. The lowest BCUT2D eigenvalue weighted by molar-refractivity contribution is -0.122. The summed E-state index contributed by atoms with van der Waals surface area (Å²) in [7, 11) is 2.10. The molecule has 0 aromatic heterocycles. The molecule has 0 unspecified atom stereocenters. The van der Waals surface area contributed by atoms with Crippen LogP contribution in [0.2, 0.25) is 0 Å². The van der Waals surface area contributed by atoms with Crippen molar-refractivity contribution in [3.63, 3.8) is 0 Å². The number of amides is 1. The highest BCUT2D eigenvalue weighted by molar-refractivity contribution is 5.78. The number of nitrogens with one attached hydrogen (secondary N) is 1. The number of likely N-dealkylation sites (N-methyl/N-ethyl adjacent to an activating group) is 1. The molecule has 1 amide bonds. The number of hydrogen-bond acceptors (Lipinski definition) is 2. The molecule has 0 aromatic rings. The van der Waals surface area contributed by atoms with E-state index in [2.05, 4.69) is 31.1 Å². The lowest BCUT2D eigenvalue weighted by Gasteiger charge is -2.37. The van der Waals surface area contributed by atoms with Crippen LogP contribution < -0.4 is 5.32 Å². The van der Waals surface area contributed by atoms with E-state index in [-0.39, 0.29) is 5.91 Å². The molecule has 0 spiro atoms. The zero-order valence-electron chi connectivity index (χ0n) is 11.4. The number of hydrogen-bond donors (Lipinski definition) is 1. The molecule has 2 aliphatic rings. The van der Waals surface area contributed by atoms with Crippen molar-refractivity contribution in [3.05, 3.63) is 0 Å². The van der Waals surface area contributed by atoms with Crippen LogP contribution in [-0.2, 0) is 4.79 Å². The molecule has 2 fully saturated rings. The predicted molar refractivity (Wildman–Crippen MR) is 69.8 cm³/mol. The Morgan fingerprint density at radius 1 is 1.18 bits per heavy atom. The zero-order chi connectivity index (χ0) is 12.4. The van der Waals surface area contributed by atoms with Gasteiger partial charge in [0.25, 0.3) is 0 Å². The monoisotopic (exact) mass is 238 g/mol. The maximum atomic E-state index is 11.7. The van der Waals surface area contributed by atoms with E-state index < -0.39 is 0 Å². The Bertz CT molecular complexity index is 275. The van der Waals surface area contributed by atoms with Crippen LogP contribution in [0.5, 0.6) is 0 Å². The summed E-state index contributed by atoms with van der Waals surface area (Å²) in [6.45, 7) is 5.26. The van der Waals surface area contributed by atoms with Gasteiger partial charge in [0.15, 0.2) is 0 Å². The molecule has 2 rings (SSSR count). The number of nitrogens with zero attached hydrogens (tertiary/aromatic N) is 1. The van der Waals surface area contributed by atoms with Gasteiger partial charge in [-0.3, -0.25) is 9.69 Å². The third-order valence-corrected chi connectivity index (χ3v) is 4.53. The standard InChI is InChI=1S/C14H26N2O/c1-10-4-7-13(8-11(10)2)16(3)9-14(17)15-12-5-6-12/h10-13H,4-9H2,1-3H3,(H,15,17)/t10-,11+,13-/m1/s1. The van der Waals surface area contributed by atoms with Gasteiger partial charge >= 0.3 is 0 Å². The van der Waals surface area contributed by atoms with Crippen LogP contribution in [0.15, 0.2) is 0 Å². The molecule has 1 N–H and O–H groups in total. The third kappa shape index (κ3) is 3.70. The first-order chi connectivity index (χ1) is 8.06. The van der Waals surface area contributed by atoms with Crippen molar-refractivity contribution in [2.24, 2.45) is 11.8 Å². The van der Waals surface area contributed by atoms with Crippen molar-refractivity contribution in [1.29, 1.82) is 0 Å². The van der Waals surface area contributed by atoms with Crippen LogP contribution in [0, 0.1) is 11.8 Å². The predicted octanol–water partition coefficient (Wildman–Crippen LogP) is 2.02. The molecule has 2 saturated carbocycles. The average molecular weight is 238 g/mol. The fourth-order valence-corrected chi connectivity index (χ4v) is 2.78. The first kappa shape index (κ1) is 12.9. The maximum absolute atomic E-state index is 11.7. The minimum absolute atomic E-state index is 0.210. The van der Waals surface area contributed by atoms with Crippen molar-refractivity contribution in [3.8, 4) is 0 Å². The van der Waals surface area contributed by atoms with Crippen molar-refractivity contribution >= 4 is 5.91 Å². The third-order valence-electron chi connectivity index (χ3n) is 4.53. The molecule has 3 nitrogen and oxygen atoms in total. The second-order valence-corrected chi connectivity index (χ2v) is 6.18. The van der Waals surface area contributed by atoms with E-state index in [9.17, 15) is 4.79 Å². The Labute approximate surface area is 105 Å². The minimum Gasteiger partial charge on any atom is -0.352 e. The van der Waals surface area contributed by atoms with Gasteiger partial charge in [0, 0.05) is 12.1 Å². The van der Waals surface area contributed by atoms with E-state index in [0.717, 1.165) is 11.8 Å². The number of carbonyl (C=O) groups excluding carboxylic acids is 1. The highest BCUT2D eigenvalue weighted by Crippen LogP contribution is 2.31. The SMILES string of the molecule is C[C@@H]1CC[C@@H](N(C)CC(=O)NC2CC2)C[C@@H]1C. The van der Waals surface area contributed by atoms with Crippen LogP contribution in [-0.4, -0.2) is 36.5 Å². The average Bonchev–Trinajstić information content (AvgIpc) is 3.05. The lowest BCUT2D eigenvalue weighted by atomic mass is 9.78. The van der Waals surface area contributed by atoms with Gasteiger partial charge in [-0.1, -0.05) is 13.8 Å². The molecule has 0 radical (unpaired) electrons. The topological polar surface area (TPSA) is 32.3 Å². The summed E-state index contributed by atoms with van der Waals surface area (Å²) in [5.74, 6) is 1.85. The number of carbonyl (C=O) groups is 1. The summed E-state index contributed by atoms with van der Waals surface area (Å²) in [4.78, 5) is 14.0. The quantitative estimate of drug-likeness (QED) is 0.812. The molecule has 3 heteroatoms. The van der Waals surface area contributed by atoms with Gasteiger partial charge in [0.2, 0.25) is 5.91 Å². The van der Waals surface area contributed by atoms with Crippen LogP contribution in [0.4, 0.5) is 0 Å². The van der Waals surface area contributed by atoms with Gasteiger partial charge in [0.05, 0.1) is 6.54 Å². The highest BCUT2D eigenvalue weighted by atomic mass is 16.2. The molecule has 0 aliphatic heterocycles. The number of rotatable bonds is 4. The molecule has 0 heterocycles. The lowest BCUT2D eigenvalue weighted by Crippen LogP contribution is -2.43. The summed E-state index contributed by atoms with van der Waals surface area (Å²) in [5.41, 5.74) is 0. The highest BCUT2D eigenvalue weighted by Gasteiger charge is 2.29. The van der Waals surface area contributed by atoms with Crippen LogP contribution in [0.1, 0.15) is 46.0 Å². The molecule has 0 bridgehead atoms. The molecule has 0 saturated heterocycles. The Balaban J connectivity index is 1.74. The zero-order valence-corrected chi connectivity index (χ0v) is 11.4. The molecule has 2 aliphatic carbocycles. The van der Waals surface area contributed by atoms with E-state index in [1.165, 1.54) is 32.1 Å². The van der Waals surface area contributed by atoms with Gasteiger partial charge in [-0.2, -0.15) is 0 Å². The molecular weight excluding hydrogens is 212 g/mol. The summed E-state index contributed by atoms with van der Waals surface area (Å²) < 4.78 is 0. The van der Waals surface area contributed by atoms with Gasteiger partial charge in [-0.15, -0.1) is 0 Å². The summed E-state index contributed by atoms with van der Waals surface area (Å²) in [5, 5.41) is 3.06. The summed E-state index contributed by atoms with van der Waals surface area (Å²) in [6.07, 6.45) is 6.15. The fraction of sp³-hybridized carbons (Fsp3) is 0.929. The van der Waals surface area contributed by atoms with E-state index in [4.69, 9.17) is 0 Å². The summed E-state index contributed by atoms with van der Waals surface area (Å²) >= 11 is 0.